The van der Waals surface area contributed by atoms with Crippen LogP contribution in [-0.2, 0) is 5.41 Å². The van der Waals surface area contributed by atoms with Crippen molar-refractivity contribution in [2.75, 3.05) is 0 Å². The quantitative estimate of drug-likeness (QED) is 0.206. The molecule has 0 bridgehead atoms. The van der Waals surface area contributed by atoms with E-state index in [0.717, 1.165) is 61.8 Å². The van der Waals surface area contributed by atoms with E-state index in [-0.39, 0.29) is 0 Å². The molecule has 4 heteroatoms. The summed E-state index contributed by atoms with van der Waals surface area (Å²) >= 11 is 0. The van der Waals surface area contributed by atoms with Crippen molar-refractivity contribution in [2.45, 2.75) is 5.41 Å². The van der Waals surface area contributed by atoms with Crippen molar-refractivity contribution in [2.24, 2.45) is 0 Å². The maximum absolute atomic E-state index is 9.98. The van der Waals surface area contributed by atoms with Crippen LogP contribution in [-0.4, -0.2) is 9.97 Å². The number of hydrogen-bond acceptors (Lipinski definition) is 4. The molecular weight excluding hydrogens is 562 g/mol. The highest BCUT2D eigenvalue weighted by Crippen LogP contribution is 2.62. The molecule has 1 aromatic heterocycles. The average molecular weight is 588 g/mol. The molecule has 0 saturated carbocycles. The van der Waals surface area contributed by atoms with Gasteiger partial charge in [0.25, 0.3) is 0 Å². The average Bonchev–Trinajstić information content (AvgIpc) is 3.43. The van der Waals surface area contributed by atoms with Gasteiger partial charge in [0.15, 0.2) is 5.82 Å². The number of fused-ring (bicyclic) bond motifs is 9. The van der Waals surface area contributed by atoms with E-state index in [4.69, 9.17) is 14.7 Å². The lowest BCUT2D eigenvalue weighted by molar-refractivity contribution is 0.436. The highest BCUT2D eigenvalue weighted by Gasteiger charge is 2.51. The van der Waals surface area contributed by atoms with Gasteiger partial charge < -0.3 is 4.74 Å². The third-order valence-corrected chi connectivity index (χ3v) is 9.19. The van der Waals surface area contributed by atoms with Gasteiger partial charge in [-0.25, -0.2) is 9.97 Å². The van der Waals surface area contributed by atoms with Crippen LogP contribution in [0.25, 0.3) is 45.0 Å². The Balaban J connectivity index is 1.34. The normalized spacial score (nSPS) is 13.1. The molecule has 0 N–H and O–H groups in total. The standard InChI is InChI=1S/C42H25N3O/c43-26-27-19-21-39-35(23-27)42(33-17-9-7-15-31(33)32-16-8-10-18-34(32)42)36-24-30(20-22-40(36)46-39)41-44-37(28-11-3-1-4-12-28)25-38(45-41)29-13-5-2-6-14-29/h1-25H. The van der Waals surface area contributed by atoms with Crippen LogP contribution in [0, 0.1) is 11.3 Å². The molecule has 0 saturated heterocycles. The number of rotatable bonds is 3. The summed E-state index contributed by atoms with van der Waals surface area (Å²) in [6, 6.07) is 54.0. The van der Waals surface area contributed by atoms with Crippen molar-refractivity contribution in [1.82, 2.24) is 9.97 Å². The van der Waals surface area contributed by atoms with Gasteiger partial charge in [0.2, 0.25) is 0 Å². The third kappa shape index (κ3) is 3.79. The molecule has 7 aromatic rings. The van der Waals surface area contributed by atoms with Gasteiger partial charge in [-0.05, 0) is 64.7 Å². The van der Waals surface area contributed by atoms with Crippen molar-refractivity contribution in [3.05, 3.63) is 179 Å². The fourth-order valence-electron chi connectivity index (χ4n) is 7.20. The van der Waals surface area contributed by atoms with Crippen LogP contribution in [0.1, 0.15) is 27.8 Å². The highest BCUT2D eigenvalue weighted by atomic mass is 16.5. The lowest BCUT2D eigenvalue weighted by Crippen LogP contribution is -2.32. The zero-order chi connectivity index (χ0) is 30.7. The van der Waals surface area contributed by atoms with E-state index in [9.17, 15) is 5.26 Å². The molecule has 1 spiro atoms. The summed E-state index contributed by atoms with van der Waals surface area (Å²) in [5.74, 6) is 2.16. The minimum atomic E-state index is -0.696. The van der Waals surface area contributed by atoms with E-state index >= 15 is 0 Å². The van der Waals surface area contributed by atoms with E-state index in [1.54, 1.807) is 0 Å². The molecule has 0 amide bonds. The Morgan fingerprint density at radius 2 is 1.00 bits per heavy atom. The largest absolute Gasteiger partial charge is 0.457 e. The first-order chi connectivity index (χ1) is 22.7. The predicted molar refractivity (Wildman–Crippen MR) is 180 cm³/mol. The molecule has 2 heterocycles. The molecule has 0 atom stereocenters. The minimum Gasteiger partial charge on any atom is -0.457 e. The number of benzene rings is 6. The third-order valence-electron chi connectivity index (χ3n) is 9.19. The van der Waals surface area contributed by atoms with Crippen LogP contribution in [0.15, 0.2) is 152 Å². The van der Waals surface area contributed by atoms with Gasteiger partial charge in [-0.2, -0.15) is 5.26 Å². The van der Waals surface area contributed by atoms with E-state index in [0.29, 0.717) is 11.4 Å². The Morgan fingerprint density at radius 1 is 0.478 bits per heavy atom. The number of aromatic nitrogens is 2. The molecule has 0 fully saturated rings. The van der Waals surface area contributed by atoms with E-state index < -0.39 is 5.41 Å². The Morgan fingerprint density at radius 3 is 1.59 bits per heavy atom. The van der Waals surface area contributed by atoms with Gasteiger partial charge in [-0.1, -0.05) is 109 Å². The lowest BCUT2D eigenvalue weighted by atomic mass is 9.65. The Hall–Kier alpha value is -6.31. The van der Waals surface area contributed by atoms with E-state index in [1.165, 1.54) is 11.1 Å². The molecule has 0 radical (unpaired) electrons. The first kappa shape index (κ1) is 26.1. The van der Waals surface area contributed by atoms with Crippen LogP contribution in [0.2, 0.25) is 0 Å². The summed E-state index contributed by atoms with van der Waals surface area (Å²) in [5.41, 5.74) is 11.2. The fourth-order valence-corrected chi connectivity index (χ4v) is 7.20. The van der Waals surface area contributed by atoms with Crippen LogP contribution >= 0.6 is 0 Å². The van der Waals surface area contributed by atoms with Gasteiger partial charge in [0, 0.05) is 27.8 Å². The van der Waals surface area contributed by atoms with Gasteiger partial charge in [0.05, 0.1) is 28.4 Å². The second-order valence-electron chi connectivity index (χ2n) is 11.7. The van der Waals surface area contributed by atoms with Crippen LogP contribution < -0.4 is 4.74 Å². The van der Waals surface area contributed by atoms with Gasteiger partial charge in [-0.3, -0.25) is 0 Å². The molecule has 2 aliphatic rings. The monoisotopic (exact) mass is 587 g/mol. The molecule has 1 aliphatic carbocycles. The van der Waals surface area contributed by atoms with Gasteiger partial charge in [0.1, 0.15) is 11.5 Å². The first-order valence-corrected chi connectivity index (χ1v) is 15.3. The summed E-state index contributed by atoms with van der Waals surface area (Å²) < 4.78 is 6.62. The van der Waals surface area contributed by atoms with Crippen LogP contribution in [0.5, 0.6) is 11.5 Å². The summed E-state index contributed by atoms with van der Waals surface area (Å²) in [4.78, 5) is 10.3. The SMILES string of the molecule is N#Cc1ccc2c(c1)C1(c3cc(-c4nc(-c5ccccc5)cc(-c5ccccc5)n4)ccc3O2)c2ccccc2-c2ccccc21. The summed E-state index contributed by atoms with van der Waals surface area (Å²) in [5, 5.41) is 9.98. The van der Waals surface area contributed by atoms with E-state index in [2.05, 4.69) is 91.0 Å². The molecule has 0 unspecified atom stereocenters. The molecular formula is C42H25N3O. The summed E-state index contributed by atoms with van der Waals surface area (Å²) in [6.07, 6.45) is 0. The Bertz CT molecular complexity index is 2250. The van der Waals surface area contributed by atoms with Crippen molar-refractivity contribution in [1.29, 1.82) is 5.26 Å². The summed E-state index contributed by atoms with van der Waals surface area (Å²) in [7, 11) is 0. The molecule has 9 rings (SSSR count). The fraction of sp³-hybridized carbons (Fsp3) is 0.0238. The molecule has 46 heavy (non-hydrogen) atoms. The number of ether oxygens (including phenoxy) is 1. The van der Waals surface area contributed by atoms with Crippen molar-refractivity contribution in [3.63, 3.8) is 0 Å². The Labute approximate surface area is 266 Å². The second-order valence-corrected chi connectivity index (χ2v) is 11.7. The van der Waals surface area contributed by atoms with Gasteiger partial charge >= 0.3 is 0 Å². The van der Waals surface area contributed by atoms with Crippen LogP contribution in [0.4, 0.5) is 0 Å². The lowest BCUT2D eigenvalue weighted by Gasteiger charge is -2.39. The van der Waals surface area contributed by atoms with E-state index in [1.807, 2.05) is 66.7 Å². The summed E-state index contributed by atoms with van der Waals surface area (Å²) in [6.45, 7) is 0. The number of hydrogen-bond donors (Lipinski definition) is 0. The molecule has 1 aliphatic heterocycles. The topological polar surface area (TPSA) is 58.8 Å². The number of nitriles is 1. The maximum Gasteiger partial charge on any atom is 0.160 e. The smallest absolute Gasteiger partial charge is 0.160 e. The second kappa shape index (κ2) is 10.1. The van der Waals surface area contributed by atoms with Crippen molar-refractivity contribution in [3.8, 4) is 62.6 Å². The zero-order valence-electron chi connectivity index (χ0n) is 24.7. The van der Waals surface area contributed by atoms with Crippen molar-refractivity contribution < 1.29 is 4.74 Å². The maximum atomic E-state index is 9.98. The Kier molecular flexibility index (Phi) is 5.75. The molecule has 214 valence electrons. The predicted octanol–water partition coefficient (Wildman–Crippen LogP) is 9.82. The number of nitrogens with zero attached hydrogens (tertiary/aromatic N) is 3. The molecule has 6 aromatic carbocycles. The molecule has 4 nitrogen and oxygen atoms in total. The van der Waals surface area contributed by atoms with Gasteiger partial charge in [-0.15, -0.1) is 0 Å². The van der Waals surface area contributed by atoms with Crippen LogP contribution in [0.3, 0.4) is 0 Å². The zero-order valence-corrected chi connectivity index (χ0v) is 24.7. The van der Waals surface area contributed by atoms with Crippen molar-refractivity contribution >= 4 is 0 Å². The first-order valence-electron chi connectivity index (χ1n) is 15.3. The minimum absolute atomic E-state index is 0.592. The highest BCUT2D eigenvalue weighted by molar-refractivity contribution is 5.89.